The van der Waals surface area contributed by atoms with Crippen LogP contribution in [0.1, 0.15) is 59.3 Å². The number of benzene rings is 1. The molecule has 2 aliphatic heterocycles. The summed E-state index contributed by atoms with van der Waals surface area (Å²) >= 11 is 0. The van der Waals surface area contributed by atoms with Crippen LogP contribution in [0.2, 0.25) is 0 Å². The molecule has 0 atom stereocenters. The number of rotatable bonds is 5. The van der Waals surface area contributed by atoms with Gasteiger partial charge in [0, 0.05) is 38.8 Å². The lowest BCUT2D eigenvalue weighted by atomic mass is 9.91. The first kappa shape index (κ1) is 19.5. The molecular formula is C24H31N5O. The summed E-state index contributed by atoms with van der Waals surface area (Å²) in [6.07, 6.45) is 8.77. The van der Waals surface area contributed by atoms with E-state index in [9.17, 15) is 4.79 Å². The second-order valence-corrected chi connectivity index (χ2v) is 8.88. The van der Waals surface area contributed by atoms with E-state index in [1.165, 1.54) is 49.8 Å². The van der Waals surface area contributed by atoms with E-state index in [1.54, 1.807) is 6.07 Å². The normalized spacial score (nSPS) is 19.8. The molecule has 5 rings (SSSR count). The monoisotopic (exact) mass is 405 g/mol. The Morgan fingerprint density at radius 3 is 2.43 bits per heavy atom. The SMILES string of the molecule is O=C(NCc1ccc2c(c1)CCN(C1CCC1)CC2)c1ccc(N2CCCC2)nn1. The molecule has 1 aromatic carbocycles. The number of nitrogens with zero attached hydrogens (tertiary/aromatic N) is 4. The molecule has 1 aliphatic carbocycles. The maximum atomic E-state index is 12.5. The Hall–Kier alpha value is -2.47. The highest BCUT2D eigenvalue weighted by Gasteiger charge is 2.26. The van der Waals surface area contributed by atoms with Crippen LogP contribution in [0.15, 0.2) is 30.3 Å². The number of carbonyl (C=O) groups excluding carboxylic acids is 1. The van der Waals surface area contributed by atoms with Gasteiger partial charge in [-0.3, -0.25) is 9.69 Å². The van der Waals surface area contributed by atoms with Crippen molar-refractivity contribution in [3.8, 4) is 0 Å². The maximum absolute atomic E-state index is 12.5. The number of aromatic nitrogens is 2. The molecule has 158 valence electrons. The van der Waals surface area contributed by atoms with Crippen LogP contribution in [-0.4, -0.2) is 53.2 Å². The minimum absolute atomic E-state index is 0.165. The fourth-order valence-corrected chi connectivity index (χ4v) is 4.86. The average molecular weight is 406 g/mol. The zero-order valence-corrected chi connectivity index (χ0v) is 17.6. The predicted molar refractivity (Wildman–Crippen MR) is 118 cm³/mol. The zero-order chi connectivity index (χ0) is 20.3. The van der Waals surface area contributed by atoms with Crippen molar-refractivity contribution in [3.63, 3.8) is 0 Å². The van der Waals surface area contributed by atoms with Crippen molar-refractivity contribution >= 4 is 11.7 Å². The number of nitrogens with one attached hydrogen (secondary N) is 1. The Morgan fingerprint density at radius 2 is 1.73 bits per heavy atom. The largest absolute Gasteiger partial charge is 0.355 e. The zero-order valence-electron chi connectivity index (χ0n) is 17.6. The molecule has 30 heavy (non-hydrogen) atoms. The molecule has 1 saturated heterocycles. The van der Waals surface area contributed by atoms with Crippen molar-refractivity contribution < 1.29 is 4.79 Å². The summed E-state index contributed by atoms with van der Waals surface area (Å²) in [6, 6.07) is 11.2. The quantitative estimate of drug-likeness (QED) is 0.829. The Morgan fingerprint density at radius 1 is 0.933 bits per heavy atom. The fraction of sp³-hybridized carbons (Fsp3) is 0.542. The lowest BCUT2D eigenvalue weighted by Crippen LogP contribution is -2.41. The van der Waals surface area contributed by atoms with Gasteiger partial charge in [0.25, 0.3) is 5.91 Å². The number of hydrogen-bond donors (Lipinski definition) is 1. The topological polar surface area (TPSA) is 61.4 Å². The Balaban J connectivity index is 1.17. The lowest BCUT2D eigenvalue weighted by Gasteiger charge is -2.36. The van der Waals surface area contributed by atoms with E-state index in [-0.39, 0.29) is 5.91 Å². The van der Waals surface area contributed by atoms with Gasteiger partial charge in [-0.15, -0.1) is 10.2 Å². The number of amides is 1. The van der Waals surface area contributed by atoms with Crippen LogP contribution >= 0.6 is 0 Å². The van der Waals surface area contributed by atoms with Crippen molar-refractivity contribution in [2.45, 2.75) is 57.5 Å². The van der Waals surface area contributed by atoms with E-state index in [1.807, 2.05) is 6.07 Å². The molecule has 3 heterocycles. The number of hydrogen-bond acceptors (Lipinski definition) is 5. The molecule has 6 heteroatoms. The highest BCUT2D eigenvalue weighted by atomic mass is 16.1. The smallest absolute Gasteiger partial charge is 0.272 e. The van der Waals surface area contributed by atoms with Gasteiger partial charge in [-0.05, 0) is 67.3 Å². The summed E-state index contributed by atoms with van der Waals surface area (Å²) < 4.78 is 0. The second kappa shape index (κ2) is 8.72. The van der Waals surface area contributed by atoms with Gasteiger partial charge in [0.15, 0.2) is 11.5 Å². The van der Waals surface area contributed by atoms with Crippen molar-refractivity contribution in [1.29, 1.82) is 0 Å². The van der Waals surface area contributed by atoms with Crippen LogP contribution in [0.4, 0.5) is 5.82 Å². The van der Waals surface area contributed by atoms with Crippen molar-refractivity contribution in [3.05, 3.63) is 52.7 Å². The number of fused-ring (bicyclic) bond motifs is 1. The third-order valence-corrected chi connectivity index (χ3v) is 6.96. The van der Waals surface area contributed by atoms with E-state index in [4.69, 9.17) is 0 Å². The van der Waals surface area contributed by atoms with Gasteiger partial charge < -0.3 is 10.2 Å². The van der Waals surface area contributed by atoms with Crippen LogP contribution < -0.4 is 10.2 Å². The average Bonchev–Trinajstić information content (AvgIpc) is 3.20. The van der Waals surface area contributed by atoms with E-state index in [0.717, 1.165) is 49.9 Å². The van der Waals surface area contributed by atoms with E-state index in [2.05, 4.69) is 43.5 Å². The minimum Gasteiger partial charge on any atom is -0.355 e. The molecule has 2 aromatic rings. The van der Waals surface area contributed by atoms with Gasteiger partial charge in [-0.1, -0.05) is 24.6 Å². The molecule has 0 unspecified atom stereocenters. The van der Waals surface area contributed by atoms with Gasteiger partial charge in [0.1, 0.15) is 0 Å². The molecule has 1 saturated carbocycles. The first-order valence-corrected chi connectivity index (χ1v) is 11.5. The summed E-state index contributed by atoms with van der Waals surface area (Å²) in [5.74, 6) is 0.701. The van der Waals surface area contributed by atoms with Crippen LogP contribution in [0.25, 0.3) is 0 Å². The molecule has 0 spiro atoms. The summed E-state index contributed by atoms with van der Waals surface area (Å²) in [5.41, 5.74) is 4.44. The lowest BCUT2D eigenvalue weighted by molar-refractivity contribution is 0.0945. The predicted octanol–water partition coefficient (Wildman–Crippen LogP) is 2.96. The highest BCUT2D eigenvalue weighted by Crippen LogP contribution is 2.27. The number of carbonyl (C=O) groups is 1. The van der Waals surface area contributed by atoms with Gasteiger partial charge >= 0.3 is 0 Å². The molecule has 1 amide bonds. The Labute approximate surface area is 178 Å². The maximum Gasteiger partial charge on any atom is 0.272 e. The number of anilines is 1. The van der Waals surface area contributed by atoms with Gasteiger partial charge in [0.05, 0.1) is 0 Å². The molecule has 6 nitrogen and oxygen atoms in total. The second-order valence-electron chi connectivity index (χ2n) is 8.88. The van der Waals surface area contributed by atoms with Crippen molar-refractivity contribution in [1.82, 2.24) is 20.4 Å². The first-order valence-electron chi connectivity index (χ1n) is 11.5. The van der Waals surface area contributed by atoms with Gasteiger partial charge in [-0.2, -0.15) is 0 Å². The van der Waals surface area contributed by atoms with Crippen molar-refractivity contribution in [2.24, 2.45) is 0 Å². The minimum atomic E-state index is -0.165. The summed E-state index contributed by atoms with van der Waals surface area (Å²) in [7, 11) is 0. The molecule has 2 fully saturated rings. The molecule has 3 aliphatic rings. The highest BCUT2D eigenvalue weighted by molar-refractivity contribution is 5.92. The molecule has 0 bridgehead atoms. The van der Waals surface area contributed by atoms with E-state index >= 15 is 0 Å². The Kier molecular flexibility index (Phi) is 5.67. The molecular weight excluding hydrogens is 374 g/mol. The van der Waals surface area contributed by atoms with Crippen LogP contribution in [-0.2, 0) is 19.4 Å². The third-order valence-electron chi connectivity index (χ3n) is 6.96. The Bertz CT molecular complexity index is 887. The van der Waals surface area contributed by atoms with Crippen LogP contribution in [0.5, 0.6) is 0 Å². The standard InChI is InChI=1S/C24H31N5O/c30-24(22-8-9-23(27-26-22)29-12-1-2-13-29)25-17-18-6-7-19-10-14-28(21-4-3-5-21)15-11-20(19)16-18/h6-9,16,21H,1-5,10-15,17H2,(H,25,30). The van der Waals surface area contributed by atoms with Crippen LogP contribution in [0, 0.1) is 0 Å². The summed E-state index contributed by atoms with van der Waals surface area (Å²) in [6.45, 7) is 4.91. The van der Waals surface area contributed by atoms with Crippen molar-refractivity contribution in [2.75, 3.05) is 31.1 Å². The summed E-state index contributed by atoms with van der Waals surface area (Å²) in [5, 5.41) is 11.4. The fourth-order valence-electron chi connectivity index (χ4n) is 4.86. The van der Waals surface area contributed by atoms with Gasteiger partial charge in [-0.25, -0.2) is 0 Å². The van der Waals surface area contributed by atoms with E-state index < -0.39 is 0 Å². The molecule has 1 N–H and O–H groups in total. The van der Waals surface area contributed by atoms with E-state index in [0.29, 0.717) is 12.2 Å². The van der Waals surface area contributed by atoms with Gasteiger partial charge in [0.2, 0.25) is 0 Å². The summed E-state index contributed by atoms with van der Waals surface area (Å²) in [4.78, 5) is 17.4. The molecule has 0 radical (unpaired) electrons. The third kappa shape index (κ3) is 4.19. The van der Waals surface area contributed by atoms with Crippen LogP contribution in [0.3, 0.4) is 0 Å². The first-order chi connectivity index (χ1) is 14.8. The molecule has 1 aromatic heterocycles.